The van der Waals surface area contributed by atoms with E-state index in [-0.39, 0.29) is 18.4 Å². The Hall–Kier alpha value is -1.16. The summed E-state index contributed by atoms with van der Waals surface area (Å²) in [4.78, 5) is 22.2. The normalized spacial score (nSPS) is 28.2. The summed E-state index contributed by atoms with van der Waals surface area (Å²) >= 11 is 0. The second-order valence-corrected chi connectivity index (χ2v) is 5.31. The van der Waals surface area contributed by atoms with E-state index in [0.717, 1.165) is 5.92 Å². The lowest BCUT2D eigenvalue weighted by molar-refractivity contribution is -0.124. The zero-order valence-electron chi connectivity index (χ0n) is 10.9. The first kappa shape index (κ1) is 13.3. The monoisotopic (exact) mass is 251 g/mol. The third-order valence-corrected chi connectivity index (χ3v) is 3.91. The van der Waals surface area contributed by atoms with Crippen LogP contribution in [0.4, 0.5) is 0 Å². The molecule has 0 spiro atoms. The van der Waals surface area contributed by atoms with E-state index in [9.17, 15) is 9.59 Å². The second kappa shape index (κ2) is 6.14. The molecule has 1 heterocycles. The van der Waals surface area contributed by atoms with E-state index in [1.165, 1.54) is 38.2 Å². The predicted molar refractivity (Wildman–Crippen MR) is 67.8 cm³/mol. The van der Waals surface area contributed by atoms with Gasteiger partial charge < -0.3 is 4.74 Å². The Morgan fingerprint density at radius 1 is 1.33 bits per heavy atom. The lowest BCUT2D eigenvalue weighted by atomic mass is 9.80. The maximum Gasteiger partial charge on any atom is 0.256 e. The number of ether oxygens (including phenoxy) is 1. The van der Waals surface area contributed by atoms with Crippen molar-refractivity contribution < 1.29 is 14.3 Å². The molecular weight excluding hydrogens is 230 g/mol. The first-order valence-corrected chi connectivity index (χ1v) is 6.82. The molecule has 0 aromatic rings. The summed E-state index contributed by atoms with van der Waals surface area (Å²) in [7, 11) is 0. The van der Waals surface area contributed by atoms with Crippen molar-refractivity contribution in [3.05, 3.63) is 11.6 Å². The van der Waals surface area contributed by atoms with Gasteiger partial charge >= 0.3 is 0 Å². The SMILES string of the molecule is CCC1CCC[C@H](COCC2=CC(=O)NC2=O)C1. The smallest absolute Gasteiger partial charge is 0.256 e. The number of carbonyl (C=O) groups is 2. The van der Waals surface area contributed by atoms with Crippen LogP contribution in [0.3, 0.4) is 0 Å². The Kier molecular flexibility index (Phi) is 4.53. The van der Waals surface area contributed by atoms with Crippen molar-refractivity contribution in [3.63, 3.8) is 0 Å². The fraction of sp³-hybridized carbons (Fsp3) is 0.714. The molecule has 0 aromatic carbocycles. The standard InChI is InChI=1S/C14H21NO3/c1-2-10-4-3-5-11(6-10)8-18-9-12-7-13(16)15-14(12)17/h7,10-11H,2-6,8-9H2,1H3,(H,15,16,17)/t10?,11-/m0/s1. The highest BCUT2D eigenvalue weighted by Gasteiger charge is 2.23. The first-order chi connectivity index (χ1) is 8.69. The zero-order chi connectivity index (χ0) is 13.0. The van der Waals surface area contributed by atoms with Crippen molar-refractivity contribution in [2.24, 2.45) is 11.8 Å². The lowest BCUT2D eigenvalue weighted by Crippen LogP contribution is -2.24. The van der Waals surface area contributed by atoms with E-state index in [4.69, 9.17) is 4.74 Å². The Morgan fingerprint density at radius 3 is 2.78 bits per heavy atom. The number of nitrogens with one attached hydrogen (secondary N) is 1. The number of imide groups is 1. The molecule has 1 fully saturated rings. The largest absolute Gasteiger partial charge is 0.376 e. The van der Waals surface area contributed by atoms with E-state index in [2.05, 4.69) is 12.2 Å². The van der Waals surface area contributed by atoms with Gasteiger partial charge in [0, 0.05) is 18.3 Å². The van der Waals surface area contributed by atoms with Gasteiger partial charge in [0.05, 0.1) is 6.61 Å². The molecule has 0 aromatic heterocycles. The highest BCUT2D eigenvalue weighted by molar-refractivity contribution is 6.16. The van der Waals surface area contributed by atoms with E-state index < -0.39 is 0 Å². The van der Waals surface area contributed by atoms with Crippen molar-refractivity contribution in [3.8, 4) is 0 Å². The van der Waals surface area contributed by atoms with Crippen molar-refractivity contribution in [1.29, 1.82) is 0 Å². The predicted octanol–water partition coefficient (Wildman–Crippen LogP) is 1.80. The van der Waals surface area contributed by atoms with Crippen LogP contribution in [0.5, 0.6) is 0 Å². The molecule has 1 N–H and O–H groups in total. The van der Waals surface area contributed by atoms with Gasteiger partial charge in [0.15, 0.2) is 0 Å². The molecule has 18 heavy (non-hydrogen) atoms. The van der Waals surface area contributed by atoms with Crippen LogP contribution in [0.1, 0.15) is 39.0 Å². The van der Waals surface area contributed by atoms with Crippen LogP contribution in [-0.2, 0) is 14.3 Å². The van der Waals surface area contributed by atoms with Crippen LogP contribution in [-0.4, -0.2) is 25.0 Å². The molecule has 2 aliphatic rings. The molecule has 0 saturated heterocycles. The summed E-state index contributed by atoms with van der Waals surface area (Å²) in [6, 6.07) is 0. The van der Waals surface area contributed by atoms with Crippen molar-refractivity contribution >= 4 is 11.8 Å². The third kappa shape index (κ3) is 3.42. The lowest BCUT2D eigenvalue weighted by Gasteiger charge is -2.28. The molecule has 4 nitrogen and oxygen atoms in total. The van der Waals surface area contributed by atoms with Crippen molar-refractivity contribution in [2.45, 2.75) is 39.0 Å². The number of hydrogen-bond donors (Lipinski definition) is 1. The molecular formula is C14H21NO3. The maximum absolute atomic E-state index is 11.3. The van der Waals surface area contributed by atoms with Crippen LogP contribution in [0.15, 0.2) is 11.6 Å². The second-order valence-electron chi connectivity index (χ2n) is 5.31. The molecule has 4 heteroatoms. The van der Waals surface area contributed by atoms with E-state index in [0.29, 0.717) is 18.1 Å². The number of carbonyl (C=O) groups excluding carboxylic acids is 2. The summed E-state index contributed by atoms with van der Waals surface area (Å²) in [5.74, 6) is 0.810. The van der Waals surface area contributed by atoms with Crippen molar-refractivity contribution in [2.75, 3.05) is 13.2 Å². The summed E-state index contributed by atoms with van der Waals surface area (Å²) in [5.41, 5.74) is 0.447. The van der Waals surface area contributed by atoms with Crippen molar-refractivity contribution in [1.82, 2.24) is 5.32 Å². The Labute approximate surface area is 108 Å². The van der Waals surface area contributed by atoms with Gasteiger partial charge in [-0.25, -0.2) is 0 Å². The third-order valence-electron chi connectivity index (χ3n) is 3.91. The number of rotatable bonds is 5. The molecule has 1 aliphatic heterocycles. The fourth-order valence-electron chi connectivity index (χ4n) is 2.82. The highest BCUT2D eigenvalue weighted by Crippen LogP contribution is 2.31. The van der Waals surface area contributed by atoms with Gasteiger partial charge in [-0.3, -0.25) is 14.9 Å². The molecule has 100 valence electrons. The van der Waals surface area contributed by atoms with E-state index in [1.54, 1.807) is 0 Å². The maximum atomic E-state index is 11.3. The summed E-state index contributed by atoms with van der Waals surface area (Å²) in [6.45, 7) is 3.20. The van der Waals surface area contributed by atoms with Gasteiger partial charge in [-0.05, 0) is 24.7 Å². The topological polar surface area (TPSA) is 55.4 Å². The summed E-state index contributed by atoms with van der Waals surface area (Å²) < 4.78 is 5.59. The molecule has 2 atom stereocenters. The van der Waals surface area contributed by atoms with Gasteiger partial charge in [-0.1, -0.05) is 26.2 Å². The zero-order valence-corrected chi connectivity index (χ0v) is 10.9. The Morgan fingerprint density at radius 2 is 2.11 bits per heavy atom. The van der Waals surface area contributed by atoms with Gasteiger partial charge in [0.25, 0.3) is 11.8 Å². The van der Waals surface area contributed by atoms with Gasteiger partial charge in [0.1, 0.15) is 0 Å². The average Bonchev–Trinajstić information content (AvgIpc) is 2.68. The minimum atomic E-state index is -0.331. The highest BCUT2D eigenvalue weighted by atomic mass is 16.5. The van der Waals surface area contributed by atoms with Gasteiger partial charge in [-0.15, -0.1) is 0 Å². The molecule has 0 bridgehead atoms. The Bertz CT molecular complexity index is 362. The molecule has 0 radical (unpaired) electrons. The van der Waals surface area contributed by atoms with Crippen LogP contribution >= 0.6 is 0 Å². The van der Waals surface area contributed by atoms with Crippen LogP contribution < -0.4 is 5.32 Å². The summed E-state index contributed by atoms with van der Waals surface area (Å²) in [5, 5.41) is 2.22. The quantitative estimate of drug-likeness (QED) is 0.758. The molecule has 1 saturated carbocycles. The van der Waals surface area contributed by atoms with E-state index in [1.807, 2.05) is 0 Å². The molecule has 2 amide bonds. The first-order valence-electron chi connectivity index (χ1n) is 6.82. The minimum absolute atomic E-state index is 0.255. The van der Waals surface area contributed by atoms with Crippen LogP contribution in [0.2, 0.25) is 0 Å². The number of amides is 2. The Balaban J connectivity index is 1.70. The van der Waals surface area contributed by atoms with E-state index >= 15 is 0 Å². The van der Waals surface area contributed by atoms with Gasteiger partial charge in [0.2, 0.25) is 0 Å². The van der Waals surface area contributed by atoms with Crippen LogP contribution in [0.25, 0.3) is 0 Å². The summed E-state index contributed by atoms with van der Waals surface area (Å²) in [6.07, 6.45) is 7.67. The molecule has 1 unspecified atom stereocenters. The average molecular weight is 251 g/mol. The molecule has 2 rings (SSSR count). The van der Waals surface area contributed by atoms with Crippen LogP contribution in [0, 0.1) is 11.8 Å². The number of hydrogen-bond acceptors (Lipinski definition) is 3. The van der Waals surface area contributed by atoms with Gasteiger partial charge in [-0.2, -0.15) is 0 Å². The fourth-order valence-corrected chi connectivity index (χ4v) is 2.82. The molecule has 1 aliphatic carbocycles. The minimum Gasteiger partial charge on any atom is -0.376 e.